The Bertz CT molecular complexity index is 436. The van der Waals surface area contributed by atoms with Gasteiger partial charge in [-0.05, 0) is 32.9 Å². The van der Waals surface area contributed by atoms with E-state index in [0.717, 1.165) is 0 Å². The highest BCUT2D eigenvalue weighted by Gasteiger charge is 2.18. The first kappa shape index (κ1) is 13.0. The quantitative estimate of drug-likeness (QED) is 0.737. The lowest BCUT2D eigenvalue weighted by Gasteiger charge is -2.21. The molecule has 0 heterocycles. The zero-order chi connectivity index (χ0) is 13.1. The molecule has 0 fully saturated rings. The van der Waals surface area contributed by atoms with E-state index in [4.69, 9.17) is 5.11 Å². The lowest BCUT2D eigenvalue weighted by molar-refractivity contribution is 0.0920. The van der Waals surface area contributed by atoms with E-state index in [1.807, 2.05) is 20.8 Å². The number of carbonyl (C=O) groups excluding carboxylic acids is 1. The van der Waals surface area contributed by atoms with Crippen molar-refractivity contribution in [1.29, 1.82) is 0 Å². The van der Waals surface area contributed by atoms with Crippen LogP contribution in [0.1, 0.15) is 31.1 Å². The maximum atomic E-state index is 11.9. The van der Waals surface area contributed by atoms with Crippen molar-refractivity contribution in [3.8, 4) is 0 Å². The maximum absolute atomic E-state index is 11.9. The van der Waals surface area contributed by atoms with Gasteiger partial charge in [0.1, 0.15) is 0 Å². The van der Waals surface area contributed by atoms with Gasteiger partial charge in [-0.25, -0.2) is 4.79 Å². The fourth-order valence-electron chi connectivity index (χ4n) is 1.31. The van der Waals surface area contributed by atoms with Crippen molar-refractivity contribution in [3.05, 3.63) is 29.8 Å². The van der Waals surface area contributed by atoms with Crippen molar-refractivity contribution in [3.63, 3.8) is 0 Å². The topological polar surface area (TPSA) is 78.4 Å². The molecule has 0 aliphatic carbocycles. The van der Waals surface area contributed by atoms with Gasteiger partial charge in [-0.3, -0.25) is 10.1 Å². The van der Waals surface area contributed by atoms with E-state index < -0.39 is 6.09 Å². The summed E-state index contributed by atoms with van der Waals surface area (Å²) in [5.41, 5.74) is 0.222. The molecule has 17 heavy (non-hydrogen) atoms. The van der Waals surface area contributed by atoms with Gasteiger partial charge in [-0.2, -0.15) is 0 Å². The molecule has 0 unspecified atom stereocenters. The van der Waals surface area contributed by atoms with E-state index in [1.54, 1.807) is 24.3 Å². The second kappa shape index (κ2) is 4.86. The summed E-state index contributed by atoms with van der Waals surface area (Å²) in [6, 6.07) is 6.47. The third kappa shape index (κ3) is 4.14. The SMILES string of the molecule is CC(C)(C)NC(=O)c1ccccc1NC(=O)O. The molecular weight excluding hydrogens is 220 g/mol. The molecule has 5 nitrogen and oxygen atoms in total. The van der Waals surface area contributed by atoms with Crippen LogP contribution in [0.5, 0.6) is 0 Å². The van der Waals surface area contributed by atoms with Crippen LogP contribution in [-0.4, -0.2) is 22.6 Å². The first-order valence-corrected chi connectivity index (χ1v) is 5.21. The minimum Gasteiger partial charge on any atom is -0.465 e. The van der Waals surface area contributed by atoms with Crippen molar-refractivity contribution >= 4 is 17.7 Å². The Kier molecular flexibility index (Phi) is 3.73. The summed E-state index contributed by atoms with van der Waals surface area (Å²) in [4.78, 5) is 22.5. The molecule has 2 amide bonds. The molecule has 0 aromatic heterocycles. The zero-order valence-electron chi connectivity index (χ0n) is 10.1. The van der Waals surface area contributed by atoms with Crippen molar-refractivity contribution in [2.24, 2.45) is 0 Å². The van der Waals surface area contributed by atoms with Gasteiger partial charge >= 0.3 is 6.09 Å². The molecular formula is C12H16N2O3. The number of anilines is 1. The molecule has 1 aromatic carbocycles. The van der Waals surface area contributed by atoms with E-state index in [9.17, 15) is 9.59 Å². The summed E-state index contributed by atoms with van der Waals surface area (Å²) in [6.07, 6.45) is -1.19. The molecule has 0 radical (unpaired) electrons. The first-order valence-electron chi connectivity index (χ1n) is 5.21. The zero-order valence-corrected chi connectivity index (χ0v) is 10.1. The molecule has 3 N–H and O–H groups in total. The molecule has 0 aliphatic rings. The average Bonchev–Trinajstić information content (AvgIpc) is 2.14. The molecule has 0 saturated carbocycles. The number of para-hydroxylation sites is 1. The van der Waals surface area contributed by atoms with Crippen LogP contribution in [0.4, 0.5) is 10.5 Å². The monoisotopic (exact) mass is 236 g/mol. The molecule has 0 aliphatic heterocycles. The number of nitrogens with one attached hydrogen (secondary N) is 2. The summed E-state index contributed by atoms with van der Waals surface area (Å²) < 4.78 is 0. The van der Waals surface area contributed by atoms with Crippen LogP contribution >= 0.6 is 0 Å². The molecule has 0 atom stereocenters. The Morgan fingerprint density at radius 2 is 1.76 bits per heavy atom. The number of benzene rings is 1. The molecule has 0 spiro atoms. The summed E-state index contributed by atoms with van der Waals surface area (Å²) in [6.45, 7) is 5.58. The lowest BCUT2D eigenvalue weighted by Crippen LogP contribution is -2.40. The van der Waals surface area contributed by atoms with Crippen LogP contribution in [0.2, 0.25) is 0 Å². The summed E-state index contributed by atoms with van der Waals surface area (Å²) in [7, 11) is 0. The Morgan fingerprint density at radius 3 is 2.29 bits per heavy atom. The molecule has 1 aromatic rings. The van der Waals surface area contributed by atoms with E-state index >= 15 is 0 Å². The van der Waals surface area contributed by atoms with E-state index in [0.29, 0.717) is 5.56 Å². The third-order valence-electron chi connectivity index (χ3n) is 1.90. The second-order valence-corrected chi connectivity index (χ2v) is 4.68. The molecule has 5 heteroatoms. The number of hydrogen-bond donors (Lipinski definition) is 3. The normalized spacial score (nSPS) is 10.8. The summed E-state index contributed by atoms with van der Waals surface area (Å²) in [5.74, 6) is -0.304. The standard InChI is InChI=1S/C12H16N2O3/c1-12(2,3)14-10(15)8-6-4-5-7-9(8)13-11(16)17/h4-7,13H,1-3H3,(H,14,15)(H,16,17). The van der Waals surface area contributed by atoms with Gasteiger partial charge in [0.05, 0.1) is 11.3 Å². The smallest absolute Gasteiger partial charge is 0.409 e. The molecule has 92 valence electrons. The van der Waals surface area contributed by atoms with Gasteiger partial charge in [0.25, 0.3) is 5.91 Å². The fraction of sp³-hybridized carbons (Fsp3) is 0.333. The van der Waals surface area contributed by atoms with Crippen molar-refractivity contribution in [1.82, 2.24) is 5.32 Å². The summed E-state index contributed by atoms with van der Waals surface area (Å²) >= 11 is 0. The van der Waals surface area contributed by atoms with Crippen molar-refractivity contribution in [2.45, 2.75) is 26.3 Å². The van der Waals surface area contributed by atoms with Gasteiger partial charge in [0.2, 0.25) is 0 Å². The Morgan fingerprint density at radius 1 is 1.18 bits per heavy atom. The minimum absolute atomic E-state index is 0.279. The Labute approximate surface area is 99.8 Å². The van der Waals surface area contributed by atoms with Gasteiger partial charge in [0, 0.05) is 5.54 Å². The maximum Gasteiger partial charge on any atom is 0.409 e. The van der Waals surface area contributed by atoms with Crippen LogP contribution in [0, 0.1) is 0 Å². The number of amides is 2. The largest absolute Gasteiger partial charge is 0.465 e. The highest BCUT2D eigenvalue weighted by Crippen LogP contribution is 2.16. The Balaban J connectivity index is 2.97. The molecule has 1 rings (SSSR count). The van der Waals surface area contributed by atoms with Gasteiger partial charge < -0.3 is 10.4 Å². The lowest BCUT2D eigenvalue weighted by atomic mass is 10.1. The van der Waals surface area contributed by atoms with Gasteiger partial charge in [-0.15, -0.1) is 0 Å². The highest BCUT2D eigenvalue weighted by molar-refractivity contribution is 6.02. The number of rotatable bonds is 2. The van der Waals surface area contributed by atoms with Crippen LogP contribution in [0.25, 0.3) is 0 Å². The third-order valence-corrected chi connectivity index (χ3v) is 1.90. The van der Waals surface area contributed by atoms with Crippen LogP contribution in [-0.2, 0) is 0 Å². The predicted octanol–water partition coefficient (Wildman–Crippen LogP) is 2.30. The minimum atomic E-state index is -1.19. The molecule has 0 saturated heterocycles. The number of hydrogen-bond acceptors (Lipinski definition) is 2. The number of carbonyl (C=O) groups is 2. The van der Waals surface area contributed by atoms with Crippen molar-refractivity contribution in [2.75, 3.05) is 5.32 Å². The van der Waals surface area contributed by atoms with Crippen LogP contribution in [0.3, 0.4) is 0 Å². The number of carboxylic acid groups (broad SMARTS) is 1. The van der Waals surface area contributed by atoms with Gasteiger partial charge in [-0.1, -0.05) is 12.1 Å². The second-order valence-electron chi connectivity index (χ2n) is 4.68. The highest BCUT2D eigenvalue weighted by atomic mass is 16.4. The average molecular weight is 236 g/mol. The van der Waals surface area contributed by atoms with E-state index in [-0.39, 0.29) is 17.1 Å². The van der Waals surface area contributed by atoms with Gasteiger partial charge in [0.15, 0.2) is 0 Å². The molecule has 0 bridgehead atoms. The first-order chi connectivity index (χ1) is 7.79. The van der Waals surface area contributed by atoms with E-state index in [1.165, 1.54) is 0 Å². The Hall–Kier alpha value is -2.04. The van der Waals surface area contributed by atoms with Crippen molar-refractivity contribution < 1.29 is 14.7 Å². The van der Waals surface area contributed by atoms with E-state index in [2.05, 4.69) is 10.6 Å². The summed E-state index contributed by atoms with van der Waals surface area (Å²) in [5, 5.41) is 13.6. The predicted molar refractivity (Wildman–Crippen MR) is 65.3 cm³/mol. The fourth-order valence-corrected chi connectivity index (χ4v) is 1.31. The van der Waals surface area contributed by atoms with Crippen LogP contribution in [0.15, 0.2) is 24.3 Å². The van der Waals surface area contributed by atoms with Crippen LogP contribution < -0.4 is 10.6 Å².